The molecule has 0 atom stereocenters. The lowest BCUT2D eigenvalue weighted by Gasteiger charge is -2.07. The van der Waals surface area contributed by atoms with Crippen molar-refractivity contribution in [2.45, 2.75) is 5.92 Å². The summed E-state index contributed by atoms with van der Waals surface area (Å²) in [4.78, 5) is 0. The number of hydrogen-bond donors (Lipinski definition) is 1. The van der Waals surface area contributed by atoms with E-state index in [0.29, 0.717) is 0 Å². The number of aromatic nitrogens is 2. The molecular weight excluding hydrogens is 145 g/mol. The van der Waals surface area contributed by atoms with Gasteiger partial charge in [0.1, 0.15) is 5.69 Å². The summed E-state index contributed by atoms with van der Waals surface area (Å²) in [6.07, 6.45) is 1.15. The van der Waals surface area contributed by atoms with Gasteiger partial charge in [0.15, 0.2) is 6.67 Å². The number of H-pyrrole nitrogens is 1. The SMILES string of the molecule is FCC(F)(F)c1ccn[nH]1. The predicted molar refractivity (Wildman–Crippen MR) is 28.5 cm³/mol. The van der Waals surface area contributed by atoms with Gasteiger partial charge in [0.25, 0.3) is 0 Å². The highest BCUT2D eigenvalue weighted by Gasteiger charge is 2.32. The zero-order valence-corrected chi connectivity index (χ0v) is 4.94. The Labute approximate surface area is 55.1 Å². The summed E-state index contributed by atoms with van der Waals surface area (Å²) in [7, 11) is 0. The van der Waals surface area contributed by atoms with Gasteiger partial charge in [0.2, 0.25) is 0 Å². The van der Waals surface area contributed by atoms with E-state index in [1.54, 1.807) is 0 Å². The predicted octanol–water partition coefficient (Wildman–Crippen LogP) is 1.47. The fourth-order valence-electron chi connectivity index (χ4n) is 0.532. The Morgan fingerprint density at radius 1 is 1.60 bits per heavy atom. The molecule has 5 heteroatoms. The van der Waals surface area contributed by atoms with Crippen LogP contribution in [0.5, 0.6) is 0 Å². The van der Waals surface area contributed by atoms with E-state index in [0.717, 1.165) is 12.3 Å². The topological polar surface area (TPSA) is 28.7 Å². The largest absolute Gasteiger partial charge is 0.316 e. The second-order valence-corrected chi connectivity index (χ2v) is 1.81. The lowest BCUT2D eigenvalue weighted by Crippen LogP contribution is -2.16. The monoisotopic (exact) mass is 150 g/mol. The second kappa shape index (κ2) is 2.32. The van der Waals surface area contributed by atoms with Crippen LogP contribution in [0.4, 0.5) is 13.2 Å². The summed E-state index contributed by atoms with van der Waals surface area (Å²) in [5, 5.41) is 5.25. The lowest BCUT2D eigenvalue weighted by molar-refractivity contribution is -0.0321. The summed E-state index contributed by atoms with van der Waals surface area (Å²) in [6.45, 7) is -1.70. The molecule has 0 saturated carbocycles. The van der Waals surface area contributed by atoms with Gasteiger partial charge in [-0.05, 0) is 6.07 Å². The Morgan fingerprint density at radius 3 is 2.70 bits per heavy atom. The molecule has 1 heterocycles. The number of rotatable bonds is 2. The van der Waals surface area contributed by atoms with Gasteiger partial charge in [-0.3, -0.25) is 5.10 Å². The average molecular weight is 150 g/mol. The van der Waals surface area contributed by atoms with Crippen molar-refractivity contribution in [1.82, 2.24) is 10.2 Å². The summed E-state index contributed by atoms with van der Waals surface area (Å²) in [5.74, 6) is -3.42. The summed E-state index contributed by atoms with van der Waals surface area (Å²) >= 11 is 0. The number of nitrogens with zero attached hydrogens (tertiary/aromatic N) is 1. The molecule has 0 fully saturated rings. The number of nitrogens with one attached hydrogen (secondary N) is 1. The first-order valence-electron chi connectivity index (χ1n) is 2.60. The van der Waals surface area contributed by atoms with Crippen LogP contribution < -0.4 is 0 Å². The Bertz CT molecular complexity index is 195. The Hall–Kier alpha value is -1.00. The van der Waals surface area contributed by atoms with E-state index in [1.165, 1.54) is 0 Å². The summed E-state index contributed by atoms with van der Waals surface area (Å²) < 4.78 is 36.1. The van der Waals surface area contributed by atoms with Crippen molar-refractivity contribution >= 4 is 0 Å². The molecule has 1 aromatic rings. The Balaban J connectivity index is 2.85. The highest BCUT2D eigenvalue weighted by molar-refractivity contribution is 5.05. The van der Waals surface area contributed by atoms with Gasteiger partial charge in [0, 0.05) is 6.20 Å². The van der Waals surface area contributed by atoms with Crippen LogP contribution >= 0.6 is 0 Å². The van der Waals surface area contributed by atoms with Gasteiger partial charge >= 0.3 is 5.92 Å². The van der Waals surface area contributed by atoms with E-state index in [4.69, 9.17) is 0 Å². The number of aromatic amines is 1. The summed E-state index contributed by atoms with van der Waals surface area (Å²) in [5.41, 5.74) is -0.491. The third-order valence-corrected chi connectivity index (χ3v) is 1.06. The minimum atomic E-state index is -3.42. The van der Waals surface area contributed by atoms with Crippen molar-refractivity contribution in [3.63, 3.8) is 0 Å². The minimum Gasteiger partial charge on any atom is -0.276 e. The molecule has 10 heavy (non-hydrogen) atoms. The molecule has 1 aromatic heterocycles. The van der Waals surface area contributed by atoms with Gasteiger partial charge in [-0.25, -0.2) is 4.39 Å². The number of alkyl halides is 3. The van der Waals surface area contributed by atoms with E-state index in [1.807, 2.05) is 5.10 Å². The molecule has 1 rings (SSSR count). The first-order chi connectivity index (χ1) is 4.67. The van der Waals surface area contributed by atoms with Crippen LogP contribution in [0.2, 0.25) is 0 Å². The molecule has 0 bridgehead atoms. The normalized spacial score (nSPS) is 11.9. The van der Waals surface area contributed by atoms with Gasteiger partial charge < -0.3 is 0 Å². The summed E-state index contributed by atoms with van der Waals surface area (Å²) in [6, 6.07) is 1.04. The van der Waals surface area contributed by atoms with Gasteiger partial charge in [0.05, 0.1) is 0 Å². The average Bonchev–Trinajstić information content (AvgIpc) is 2.38. The molecule has 1 N–H and O–H groups in total. The van der Waals surface area contributed by atoms with E-state index in [2.05, 4.69) is 5.10 Å². The smallest absolute Gasteiger partial charge is 0.276 e. The zero-order chi connectivity index (χ0) is 7.61. The number of halogens is 3. The van der Waals surface area contributed by atoms with Crippen LogP contribution in [-0.4, -0.2) is 16.9 Å². The van der Waals surface area contributed by atoms with E-state index < -0.39 is 18.3 Å². The quantitative estimate of drug-likeness (QED) is 0.679. The van der Waals surface area contributed by atoms with E-state index in [9.17, 15) is 13.2 Å². The van der Waals surface area contributed by atoms with Crippen molar-refractivity contribution < 1.29 is 13.2 Å². The molecule has 2 nitrogen and oxygen atoms in total. The van der Waals surface area contributed by atoms with Crippen LogP contribution in [0.1, 0.15) is 5.69 Å². The molecule has 0 radical (unpaired) electrons. The van der Waals surface area contributed by atoms with Gasteiger partial charge in [-0.2, -0.15) is 13.9 Å². The van der Waals surface area contributed by atoms with Crippen LogP contribution in [0.3, 0.4) is 0 Å². The van der Waals surface area contributed by atoms with Crippen molar-refractivity contribution in [1.29, 1.82) is 0 Å². The molecule has 0 amide bonds. The molecule has 0 unspecified atom stereocenters. The highest BCUT2D eigenvalue weighted by Crippen LogP contribution is 2.25. The molecule has 0 aromatic carbocycles. The lowest BCUT2D eigenvalue weighted by atomic mass is 10.3. The van der Waals surface area contributed by atoms with Gasteiger partial charge in [-0.1, -0.05) is 0 Å². The Kier molecular flexibility index (Phi) is 1.65. The van der Waals surface area contributed by atoms with Crippen molar-refractivity contribution in [2.75, 3.05) is 6.67 Å². The van der Waals surface area contributed by atoms with E-state index >= 15 is 0 Å². The first kappa shape index (κ1) is 7.11. The van der Waals surface area contributed by atoms with Crippen LogP contribution in [0.25, 0.3) is 0 Å². The first-order valence-corrected chi connectivity index (χ1v) is 2.60. The molecule has 0 aliphatic heterocycles. The standard InChI is InChI=1S/C5H5F3N2/c6-3-5(7,8)4-1-2-9-10-4/h1-2H,3H2,(H,9,10). The molecule has 0 aliphatic carbocycles. The van der Waals surface area contributed by atoms with Crippen LogP contribution in [0, 0.1) is 0 Å². The molecular formula is C5H5F3N2. The minimum absolute atomic E-state index is 0.491. The maximum Gasteiger partial charge on any atom is 0.316 e. The third-order valence-electron chi connectivity index (χ3n) is 1.06. The fraction of sp³-hybridized carbons (Fsp3) is 0.400. The van der Waals surface area contributed by atoms with Crippen molar-refractivity contribution in [3.05, 3.63) is 18.0 Å². The zero-order valence-electron chi connectivity index (χ0n) is 4.94. The third kappa shape index (κ3) is 1.12. The maximum atomic E-state index is 12.3. The molecule has 0 aliphatic rings. The molecule has 0 spiro atoms. The Morgan fingerprint density at radius 2 is 2.30 bits per heavy atom. The maximum absolute atomic E-state index is 12.3. The van der Waals surface area contributed by atoms with Crippen molar-refractivity contribution in [3.8, 4) is 0 Å². The highest BCUT2D eigenvalue weighted by atomic mass is 19.3. The van der Waals surface area contributed by atoms with Crippen molar-refractivity contribution in [2.24, 2.45) is 0 Å². The number of hydrogen-bond acceptors (Lipinski definition) is 1. The van der Waals surface area contributed by atoms with E-state index in [-0.39, 0.29) is 0 Å². The fourth-order valence-corrected chi connectivity index (χ4v) is 0.532. The van der Waals surface area contributed by atoms with Crippen LogP contribution in [-0.2, 0) is 5.92 Å². The molecule has 56 valence electrons. The molecule has 0 saturated heterocycles. The second-order valence-electron chi connectivity index (χ2n) is 1.81. The van der Waals surface area contributed by atoms with Crippen LogP contribution in [0.15, 0.2) is 12.3 Å². The van der Waals surface area contributed by atoms with Gasteiger partial charge in [-0.15, -0.1) is 0 Å².